The van der Waals surface area contributed by atoms with E-state index in [2.05, 4.69) is 41.2 Å². The lowest BCUT2D eigenvalue weighted by Crippen LogP contribution is -2.14. The number of rotatable bonds is 2. The third kappa shape index (κ3) is 2.36. The van der Waals surface area contributed by atoms with Gasteiger partial charge in [-0.05, 0) is 36.8 Å². The maximum atomic E-state index is 4.67. The molecular weight excluding hydrogens is 208 g/mol. The zero-order valence-electron chi connectivity index (χ0n) is 10.4. The van der Waals surface area contributed by atoms with E-state index in [1.165, 1.54) is 37.0 Å². The monoisotopic (exact) mass is 231 g/mol. The Bertz CT molecular complexity index is 465. The molecule has 1 saturated carbocycles. The lowest BCUT2D eigenvalue weighted by Gasteiger charge is -2.25. The lowest BCUT2D eigenvalue weighted by molar-refractivity contribution is 0.286. The van der Waals surface area contributed by atoms with Gasteiger partial charge in [-0.3, -0.25) is 0 Å². The fourth-order valence-electron chi connectivity index (χ4n) is 2.91. The second-order valence-corrected chi connectivity index (χ2v) is 5.53. The van der Waals surface area contributed by atoms with Crippen LogP contribution in [0.5, 0.6) is 0 Å². The maximum Gasteiger partial charge on any atom is 0.107 e. The average molecular weight is 231 g/mol. The minimum absolute atomic E-state index is 0. The van der Waals surface area contributed by atoms with Crippen LogP contribution in [0.15, 0.2) is 24.3 Å². The molecule has 1 fully saturated rings. The molecule has 1 N–H and O–H groups in total. The number of nitrogens with one attached hydrogen (secondary N) is 1. The molecule has 0 amide bonds. The highest BCUT2D eigenvalue weighted by atomic mass is 14.9. The number of hydrogen-bond acceptors (Lipinski definition) is 1. The Balaban J connectivity index is 0.00000120. The summed E-state index contributed by atoms with van der Waals surface area (Å²) in [6.45, 7) is 2.37. The van der Waals surface area contributed by atoms with Gasteiger partial charge in [0.25, 0.3) is 0 Å². The zero-order chi connectivity index (χ0) is 11.7. The molecule has 0 aliphatic heterocycles. The Morgan fingerprint density at radius 2 is 2.00 bits per heavy atom. The molecule has 1 aromatic carbocycles. The van der Waals surface area contributed by atoms with Gasteiger partial charge in [0.15, 0.2) is 0 Å². The van der Waals surface area contributed by atoms with Crippen molar-refractivity contribution in [2.24, 2.45) is 11.8 Å². The van der Waals surface area contributed by atoms with Gasteiger partial charge in [0.1, 0.15) is 5.82 Å². The van der Waals surface area contributed by atoms with Crippen molar-refractivity contribution in [2.45, 2.75) is 39.0 Å². The molecule has 2 nitrogen and oxygen atoms in total. The molecule has 92 valence electrons. The van der Waals surface area contributed by atoms with Crippen molar-refractivity contribution in [2.75, 3.05) is 0 Å². The second kappa shape index (κ2) is 4.52. The van der Waals surface area contributed by atoms with Gasteiger partial charge in [-0.25, -0.2) is 4.98 Å². The van der Waals surface area contributed by atoms with Gasteiger partial charge in [0.05, 0.1) is 11.0 Å². The molecule has 17 heavy (non-hydrogen) atoms. The number of imidazole rings is 1. The Kier molecular flexibility index (Phi) is 2.87. The number of aromatic nitrogens is 2. The molecule has 0 bridgehead atoms. The summed E-state index contributed by atoms with van der Waals surface area (Å²) in [5.74, 6) is 2.94. The molecule has 0 saturated heterocycles. The molecule has 1 aliphatic rings. The first-order valence-electron chi connectivity index (χ1n) is 6.75. The average Bonchev–Trinajstić information content (AvgIpc) is 2.74. The van der Waals surface area contributed by atoms with E-state index in [4.69, 9.17) is 0 Å². The van der Waals surface area contributed by atoms with E-state index in [0.29, 0.717) is 0 Å². The summed E-state index contributed by atoms with van der Waals surface area (Å²) in [5.41, 5.74) is 2.28. The summed E-state index contributed by atoms with van der Waals surface area (Å²) >= 11 is 0. The van der Waals surface area contributed by atoms with Gasteiger partial charge in [0.2, 0.25) is 0 Å². The number of H-pyrrole nitrogens is 1. The first-order chi connectivity index (χ1) is 8.31. The second-order valence-electron chi connectivity index (χ2n) is 5.53. The minimum atomic E-state index is 0. The molecule has 0 spiro atoms. The molecule has 2 heteroatoms. The van der Waals surface area contributed by atoms with Gasteiger partial charge in [-0.15, -0.1) is 0 Å². The van der Waals surface area contributed by atoms with Crippen LogP contribution < -0.4 is 0 Å². The molecular formula is C15H22N2. The minimum Gasteiger partial charge on any atom is -0.342 e. The third-order valence-electron chi connectivity index (χ3n) is 4.06. The summed E-state index contributed by atoms with van der Waals surface area (Å²) < 4.78 is 0. The van der Waals surface area contributed by atoms with E-state index in [1.807, 2.05) is 0 Å². The molecule has 0 atom stereocenters. The van der Waals surface area contributed by atoms with Gasteiger partial charge >= 0.3 is 0 Å². The van der Waals surface area contributed by atoms with Crippen molar-refractivity contribution >= 4 is 11.0 Å². The van der Waals surface area contributed by atoms with E-state index in [9.17, 15) is 0 Å². The number of nitrogens with zero attached hydrogens (tertiary/aromatic N) is 1. The van der Waals surface area contributed by atoms with Crippen LogP contribution in [-0.2, 0) is 6.42 Å². The molecule has 0 radical (unpaired) electrons. The lowest BCUT2D eigenvalue weighted by atomic mass is 9.81. The molecule has 2 aromatic rings. The molecule has 1 heterocycles. The summed E-state index contributed by atoms with van der Waals surface area (Å²) in [7, 11) is 0. The van der Waals surface area contributed by atoms with Crippen LogP contribution in [0, 0.1) is 11.8 Å². The number of hydrogen-bond donors (Lipinski definition) is 1. The predicted octanol–water partition coefficient (Wildman–Crippen LogP) is 4.18. The molecule has 3 rings (SSSR count). The van der Waals surface area contributed by atoms with Gasteiger partial charge < -0.3 is 4.98 Å². The summed E-state index contributed by atoms with van der Waals surface area (Å²) in [5, 5.41) is 0. The van der Waals surface area contributed by atoms with Crippen LogP contribution in [0.4, 0.5) is 0 Å². The molecule has 1 aliphatic carbocycles. The van der Waals surface area contributed by atoms with Crippen LogP contribution in [0.2, 0.25) is 0 Å². The van der Waals surface area contributed by atoms with Gasteiger partial charge in [0, 0.05) is 7.85 Å². The zero-order valence-corrected chi connectivity index (χ0v) is 10.4. The Morgan fingerprint density at radius 1 is 1.24 bits per heavy atom. The van der Waals surface area contributed by atoms with Crippen molar-refractivity contribution in [3.8, 4) is 0 Å². The van der Waals surface area contributed by atoms with Crippen LogP contribution in [-0.4, -0.2) is 9.97 Å². The maximum absolute atomic E-state index is 4.67. The summed E-state index contributed by atoms with van der Waals surface area (Å²) in [6, 6.07) is 8.30. The van der Waals surface area contributed by atoms with Gasteiger partial charge in [-0.2, -0.15) is 0 Å². The number of benzene rings is 1. The van der Waals surface area contributed by atoms with Crippen molar-refractivity contribution in [3.63, 3.8) is 0 Å². The normalized spacial score (nSPS) is 25.2. The largest absolute Gasteiger partial charge is 0.342 e. The number of fused-ring (bicyclic) bond motifs is 1. The van der Waals surface area contributed by atoms with E-state index in [-0.39, 0.29) is 1.43 Å². The van der Waals surface area contributed by atoms with E-state index < -0.39 is 0 Å². The Labute approximate surface area is 104 Å². The quantitative estimate of drug-likeness (QED) is 0.825. The van der Waals surface area contributed by atoms with Crippen molar-refractivity contribution in [1.82, 2.24) is 9.97 Å². The van der Waals surface area contributed by atoms with Crippen LogP contribution in [0.1, 0.15) is 39.9 Å². The first-order valence-corrected chi connectivity index (χ1v) is 6.75. The number of aromatic amines is 1. The summed E-state index contributed by atoms with van der Waals surface area (Å²) in [6.07, 6.45) is 6.66. The Morgan fingerprint density at radius 3 is 2.76 bits per heavy atom. The van der Waals surface area contributed by atoms with Crippen LogP contribution in [0.3, 0.4) is 0 Å². The number of para-hydroxylation sites is 2. The van der Waals surface area contributed by atoms with Crippen LogP contribution in [0.25, 0.3) is 11.0 Å². The fourth-order valence-corrected chi connectivity index (χ4v) is 2.91. The summed E-state index contributed by atoms with van der Waals surface area (Å²) in [4.78, 5) is 8.11. The first kappa shape index (κ1) is 10.8. The van der Waals surface area contributed by atoms with Crippen molar-refractivity contribution in [3.05, 3.63) is 30.1 Å². The van der Waals surface area contributed by atoms with Crippen molar-refractivity contribution < 1.29 is 1.43 Å². The van der Waals surface area contributed by atoms with E-state index in [1.54, 1.807) is 0 Å². The third-order valence-corrected chi connectivity index (χ3v) is 4.06. The standard InChI is InChI=1S/C15H20N2.H2/c1-11-6-8-12(9-7-11)10-15-16-13-4-2-3-5-14(13)17-15;/h2-5,11-12H,6-10H2,1H3,(H,16,17);1H/i;1+1. The van der Waals surface area contributed by atoms with Crippen LogP contribution >= 0.6 is 0 Å². The topological polar surface area (TPSA) is 28.7 Å². The molecule has 0 unspecified atom stereocenters. The SMILES string of the molecule is CC1CCC(Cc2nc3ccccc3[nH]2)CC1.[2HH]. The van der Waals surface area contributed by atoms with Gasteiger partial charge in [-0.1, -0.05) is 31.9 Å². The fraction of sp³-hybridized carbons (Fsp3) is 0.533. The highest BCUT2D eigenvalue weighted by molar-refractivity contribution is 5.74. The highest BCUT2D eigenvalue weighted by Crippen LogP contribution is 2.30. The Hall–Kier alpha value is -1.31. The smallest absolute Gasteiger partial charge is 0.107 e. The van der Waals surface area contributed by atoms with Crippen molar-refractivity contribution in [1.29, 1.82) is 0 Å². The van der Waals surface area contributed by atoms with E-state index >= 15 is 0 Å². The molecule has 1 aromatic heterocycles. The predicted molar refractivity (Wildman–Crippen MR) is 73.0 cm³/mol. The van der Waals surface area contributed by atoms with E-state index in [0.717, 1.165) is 23.8 Å². The highest BCUT2D eigenvalue weighted by Gasteiger charge is 2.19.